The van der Waals surface area contributed by atoms with Crippen LogP contribution < -0.4 is 4.72 Å². The molecule has 1 aliphatic heterocycles. The van der Waals surface area contributed by atoms with Crippen molar-refractivity contribution in [3.8, 4) is 0 Å². The minimum atomic E-state index is -3.72. The highest BCUT2D eigenvalue weighted by molar-refractivity contribution is 7.89. The van der Waals surface area contributed by atoms with Crippen molar-refractivity contribution in [1.82, 2.24) is 14.5 Å². The summed E-state index contributed by atoms with van der Waals surface area (Å²) in [6.45, 7) is 4.06. The lowest BCUT2D eigenvalue weighted by Gasteiger charge is -2.22. The van der Waals surface area contributed by atoms with Crippen LogP contribution in [0.4, 0.5) is 0 Å². The van der Waals surface area contributed by atoms with Crippen LogP contribution in [0.5, 0.6) is 0 Å². The van der Waals surface area contributed by atoms with Crippen LogP contribution in [-0.2, 0) is 23.1 Å². The van der Waals surface area contributed by atoms with E-state index < -0.39 is 10.0 Å². The molecule has 1 amide bonds. The Morgan fingerprint density at radius 1 is 0.788 bits per heavy atom. The summed E-state index contributed by atoms with van der Waals surface area (Å²) in [6, 6.07) is 26.0. The Morgan fingerprint density at radius 2 is 1.48 bits per heavy atom. The average molecular weight is 464 g/mol. The summed E-state index contributed by atoms with van der Waals surface area (Å²) < 4.78 is 28.2. The van der Waals surface area contributed by atoms with Crippen LogP contribution in [0, 0.1) is 0 Å². The second-order valence-electron chi connectivity index (χ2n) is 8.25. The molecule has 4 rings (SSSR count). The molecule has 1 N–H and O–H groups in total. The first-order valence-corrected chi connectivity index (χ1v) is 12.7. The van der Waals surface area contributed by atoms with E-state index in [1.165, 1.54) is 17.7 Å². The molecule has 1 aliphatic rings. The lowest BCUT2D eigenvalue weighted by atomic mass is 10.2. The summed E-state index contributed by atoms with van der Waals surface area (Å²) in [5, 5.41) is 0. The van der Waals surface area contributed by atoms with Gasteiger partial charge in [-0.25, -0.2) is 13.1 Å². The number of sulfonamides is 1. The fourth-order valence-electron chi connectivity index (χ4n) is 4.01. The van der Waals surface area contributed by atoms with Gasteiger partial charge in [-0.1, -0.05) is 66.7 Å². The standard InChI is InChI=1S/C26H29N3O3S/c30-26(29-16-8-15-28(17-18-29)21-23-11-5-2-6-12-23)24-13-7-14-25(19-24)33(31,32)27-20-22-9-3-1-4-10-22/h1-7,9-14,19,27H,8,15-18,20-21H2. The van der Waals surface area contributed by atoms with E-state index in [4.69, 9.17) is 0 Å². The second kappa shape index (κ2) is 10.7. The minimum absolute atomic E-state index is 0.102. The first-order valence-electron chi connectivity index (χ1n) is 11.2. The molecular weight excluding hydrogens is 434 g/mol. The van der Waals surface area contributed by atoms with Crippen molar-refractivity contribution >= 4 is 15.9 Å². The van der Waals surface area contributed by atoms with Gasteiger partial charge in [0.25, 0.3) is 5.91 Å². The summed E-state index contributed by atoms with van der Waals surface area (Å²) in [7, 11) is -3.72. The number of hydrogen-bond donors (Lipinski definition) is 1. The van der Waals surface area contributed by atoms with Crippen LogP contribution in [0.15, 0.2) is 89.8 Å². The zero-order valence-electron chi connectivity index (χ0n) is 18.6. The largest absolute Gasteiger partial charge is 0.337 e. The van der Waals surface area contributed by atoms with E-state index in [0.29, 0.717) is 18.7 Å². The second-order valence-corrected chi connectivity index (χ2v) is 10.0. The maximum Gasteiger partial charge on any atom is 0.253 e. The number of carbonyl (C=O) groups is 1. The highest BCUT2D eigenvalue weighted by Gasteiger charge is 2.22. The summed E-state index contributed by atoms with van der Waals surface area (Å²) in [5.74, 6) is -0.128. The van der Waals surface area contributed by atoms with Gasteiger partial charge >= 0.3 is 0 Å². The van der Waals surface area contributed by atoms with Crippen molar-refractivity contribution in [2.75, 3.05) is 26.2 Å². The van der Waals surface area contributed by atoms with Gasteiger partial charge in [0.2, 0.25) is 10.0 Å². The quantitative estimate of drug-likeness (QED) is 0.582. The molecule has 0 spiro atoms. The van der Waals surface area contributed by atoms with Crippen LogP contribution in [0.25, 0.3) is 0 Å². The normalized spacial score (nSPS) is 15.2. The van der Waals surface area contributed by atoms with Gasteiger partial charge in [0.15, 0.2) is 0 Å². The molecule has 172 valence electrons. The number of nitrogens with zero attached hydrogens (tertiary/aromatic N) is 2. The maximum atomic E-state index is 13.2. The Bertz CT molecular complexity index is 1170. The van der Waals surface area contributed by atoms with Crippen molar-refractivity contribution in [2.45, 2.75) is 24.4 Å². The van der Waals surface area contributed by atoms with E-state index in [1.807, 2.05) is 53.4 Å². The van der Waals surface area contributed by atoms with Gasteiger partial charge in [0, 0.05) is 44.8 Å². The maximum absolute atomic E-state index is 13.2. The Kier molecular flexibility index (Phi) is 7.54. The predicted octanol–water partition coefficient (Wildman–Crippen LogP) is 3.51. The highest BCUT2D eigenvalue weighted by atomic mass is 32.2. The molecule has 0 bridgehead atoms. The summed E-state index contributed by atoms with van der Waals surface area (Å²) in [6.07, 6.45) is 0.884. The average Bonchev–Trinajstić information content (AvgIpc) is 3.09. The smallest absolute Gasteiger partial charge is 0.253 e. The third-order valence-corrected chi connectivity index (χ3v) is 7.22. The van der Waals surface area contributed by atoms with Crippen molar-refractivity contribution in [3.63, 3.8) is 0 Å². The number of carbonyl (C=O) groups excluding carboxylic acids is 1. The zero-order valence-corrected chi connectivity index (χ0v) is 19.4. The molecule has 7 heteroatoms. The van der Waals surface area contributed by atoms with Crippen molar-refractivity contribution in [1.29, 1.82) is 0 Å². The van der Waals surface area contributed by atoms with Gasteiger partial charge in [-0.2, -0.15) is 0 Å². The first-order chi connectivity index (χ1) is 16.0. The Labute approximate surface area is 195 Å². The minimum Gasteiger partial charge on any atom is -0.337 e. The van der Waals surface area contributed by atoms with Crippen LogP contribution in [0.3, 0.4) is 0 Å². The van der Waals surface area contributed by atoms with E-state index in [9.17, 15) is 13.2 Å². The van der Waals surface area contributed by atoms with Crippen molar-refractivity contribution < 1.29 is 13.2 Å². The van der Waals surface area contributed by atoms with E-state index in [2.05, 4.69) is 21.8 Å². The molecule has 3 aromatic rings. The first kappa shape index (κ1) is 23.2. The number of rotatable bonds is 7. The molecule has 0 aromatic heterocycles. The van der Waals surface area contributed by atoms with Crippen LogP contribution in [0.2, 0.25) is 0 Å². The molecule has 1 heterocycles. The molecule has 6 nitrogen and oxygen atoms in total. The molecule has 1 fully saturated rings. The summed E-state index contributed by atoms with van der Waals surface area (Å²) in [4.78, 5) is 17.5. The SMILES string of the molecule is O=C(c1cccc(S(=O)(=O)NCc2ccccc2)c1)N1CCCN(Cc2ccccc2)CC1. The lowest BCUT2D eigenvalue weighted by molar-refractivity contribution is 0.0761. The molecule has 0 unspecified atom stereocenters. The van der Waals surface area contributed by atoms with E-state index in [-0.39, 0.29) is 17.3 Å². The van der Waals surface area contributed by atoms with E-state index in [1.54, 1.807) is 12.1 Å². The van der Waals surface area contributed by atoms with Crippen LogP contribution >= 0.6 is 0 Å². The Hall–Kier alpha value is -3.00. The molecule has 0 aliphatic carbocycles. The molecule has 0 saturated carbocycles. The molecule has 33 heavy (non-hydrogen) atoms. The Morgan fingerprint density at radius 3 is 2.21 bits per heavy atom. The van der Waals surface area contributed by atoms with Gasteiger partial charge < -0.3 is 4.90 Å². The number of nitrogens with one attached hydrogen (secondary N) is 1. The van der Waals surface area contributed by atoms with Crippen LogP contribution in [-0.4, -0.2) is 50.3 Å². The number of hydrogen-bond acceptors (Lipinski definition) is 4. The van der Waals surface area contributed by atoms with Crippen molar-refractivity contribution in [3.05, 3.63) is 102 Å². The molecule has 1 saturated heterocycles. The number of benzene rings is 3. The fourth-order valence-corrected chi connectivity index (χ4v) is 5.07. The fraction of sp³-hybridized carbons (Fsp3) is 0.269. The van der Waals surface area contributed by atoms with Gasteiger partial charge in [-0.3, -0.25) is 9.69 Å². The van der Waals surface area contributed by atoms with Crippen molar-refractivity contribution in [2.24, 2.45) is 0 Å². The van der Waals surface area contributed by atoms with Gasteiger partial charge in [0.05, 0.1) is 4.90 Å². The molecule has 0 radical (unpaired) electrons. The zero-order chi connectivity index (χ0) is 23.1. The molecular formula is C26H29N3O3S. The topological polar surface area (TPSA) is 69.7 Å². The highest BCUT2D eigenvalue weighted by Crippen LogP contribution is 2.16. The predicted molar refractivity (Wildman–Crippen MR) is 129 cm³/mol. The van der Waals surface area contributed by atoms with Gasteiger partial charge in [-0.15, -0.1) is 0 Å². The van der Waals surface area contributed by atoms with Crippen LogP contribution in [0.1, 0.15) is 27.9 Å². The van der Waals surface area contributed by atoms with Gasteiger partial charge in [0.1, 0.15) is 0 Å². The summed E-state index contributed by atoms with van der Waals surface area (Å²) >= 11 is 0. The molecule has 0 atom stereocenters. The summed E-state index contributed by atoms with van der Waals surface area (Å²) in [5.41, 5.74) is 2.53. The Balaban J connectivity index is 1.39. The van der Waals surface area contributed by atoms with E-state index >= 15 is 0 Å². The number of amides is 1. The monoisotopic (exact) mass is 463 g/mol. The van der Waals surface area contributed by atoms with Gasteiger partial charge in [-0.05, 0) is 35.7 Å². The van der Waals surface area contributed by atoms with E-state index in [0.717, 1.165) is 31.6 Å². The molecule has 3 aromatic carbocycles. The third kappa shape index (κ3) is 6.28. The third-order valence-electron chi connectivity index (χ3n) is 5.83. The lowest BCUT2D eigenvalue weighted by Crippen LogP contribution is -2.35.